The molecule has 0 aliphatic carbocycles. The summed E-state index contributed by atoms with van der Waals surface area (Å²) in [6, 6.07) is 3.20. The van der Waals surface area contributed by atoms with Crippen LogP contribution in [0.25, 0.3) is 0 Å². The van der Waals surface area contributed by atoms with Crippen LogP contribution in [0.4, 0.5) is 0 Å². The van der Waals surface area contributed by atoms with Crippen molar-refractivity contribution in [2.45, 2.75) is 38.3 Å². The molecule has 18 heavy (non-hydrogen) atoms. The predicted octanol–water partition coefficient (Wildman–Crippen LogP) is 2.20. The zero-order valence-corrected chi connectivity index (χ0v) is 10.5. The molecule has 2 heterocycles. The molecule has 5 nitrogen and oxygen atoms in total. The van der Waals surface area contributed by atoms with Gasteiger partial charge in [0.1, 0.15) is 5.76 Å². The van der Waals surface area contributed by atoms with Crippen LogP contribution >= 0.6 is 0 Å². The van der Waals surface area contributed by atoms with Crippen molar-refractivity contribution in [2.75, 3.05) is 13.2 Å². The summed E-state index contributed by atoms with van der Waals surface area (Å²) in [5.41, 5.74) is 0. The van der Waals surface area contributed by atoms with Crippen LogP contribution in [0.5, 0.6) is 0 Å². The molecular weight excluding hydrogens is 234 g/mol. The third-order valence-corrected chi connectivity index (χ3v) is 3.21. The van der Waals surface area contributed by atoms with Crippen molar-refractivity contribution in [3.8, 4) is 0 Å². The Labute approximate surface area is 106 Å². The number of ether oxygens (including phenoxy) is 1. The second-order valence-corrected chi connectivity index (χ2v) is 4.61. The van der Waals surface area contributed by atoms with E-state index >= 15 is 0 Å². The van der Waals surface area contributed by atoms with E-state index in [1.807, 2.05) is 6.92 Å². The van der Waals surface area contributed by atoms with E-state index in [2.05, 4.69) is 5.32 Å². The summed E-state index contributed by atoms with van der Waals surface area (Å²) in [6.45, 7) is 3.68. The minimum absolute atomic E-state index is 0.0134. The fraction of sp³-hybridized carbons (Fsp3) is 0.615. The molecule has 1 saturated heterocycles. The smallest absolute Gasteiger partial charge is 0.371 e. The van der Waals surface area contributed by atoms with E-state index in [1.165, 1.54) is 6.07 Å². The third-order valence-electron chi connectivity index (χ3n) is 3.21. The van der Waals surface area contributed by atoms with Gasteiger partial charge in [-0.25, -0.2) is 4.79 Å². The average molecular weight is 253 g/mol. The predicted molar refractivity (Wildman–Crippen MR) is 65.7 cm³/mol. The molecule has 0 amide bonds. The van der Waals surface area contributed by atoms with E-state index in [0.717, 1.165) is 32.4 Å². The van der Waals surface area contributed by atoms with Crippen molar-refractivity contribution in [3.05, 3.63) is 23.7 Å². The SMILES string of the molecule is CC(NCCC1CCCO1)c1ccc(C(=O)O)o1. The van der Waals surface area contributed by atoms with Gasteiger partial charge < -0.3 is 19.6 Å². The lowest BCUT2D eigenvalue weighted by molar-refractivity contribution is 0.0659. The van der Waals surface area contributed by atoms with Gasteiger partial charge >= 0.3 is 5.97 Å². The summed E-state index contributed by atoms with van der Waals surface area (Å²) >= 11 is 0. The van der Waals surface area contributed by atoms with Gasteiger partial charge in [-0.05, 0) is 44.9 Å². The van der Waals surface area contributed by atoms with Gasteiger partial charge in [-0.1, -0.05) is 0 Å². The molecule has 1 aliphatic heterocycles. The quantitative estimate of drug-likeness (QED) is 0.813. The zero-order chi connectivity index (χ0) is 13.0. The normalized spacial score (nSPS) is 21.1. The van der Waals surface area contributed by atoms with E-state index in [0.29, 0.717) is 11.9 Å². The Balaban J connectivity index is 1.75. The highest BCUT2D eigenvalue weighted by Crippen LogP contribution is 2.18. The highest BCUT2D eigenvalue weighted by atomic mass is 16.5. The first-order chi connectivity index (χ1) is 8.66. The first-order valence-corrected chi connectivity index (χ1v) is 6.35. The minimum Gasteiger partial charge on any atom is -0.475 e. The van der Waals surface area contributed by atoms with Gasteiger partial charge in [0, 0.05) is 6.61 Å². The fourth-order valence-corrected chi connectivity index (χ4v) is 2.13. The highest BCUT2D eigenvalue weighted by Gasteiger charge is 2.17. The van der Waals surface area contributed by atoms with Crippen molar-refractivity contribution in [3.63, 3.8) is 0 Å². The molecule has 1 aromatic rings. The maximum Gasteiger partial charge on any atom is 0.371 e. The molecule has 0 aromatic carbocycles. The Kier molecular flexibility index (Phi) is 4.38. The largest absolute Gasteiger partial charge is 0.475 e. The molecule has 1 aromatic heterocycles. The second-order valence-electron chi connectivity index (χ2n) is 4.61. The van der Waals surface area contributed by atoms with Crippen molar-refractivity contribution in [1.29, 1.82) is 0 Å². The Hall–Kier alpha value is -1.33. The molecule has 2 rings (SSSR count). The molecule has 2 unspecified atom stereocenters. The third kappa shape index (κ3) is 3.34. The molecule has 0 bridgehead atoms. The summed E-state index contributed by atoms with van der Waals surface area (Å²) in [4.78, 5) is 10.7. The van der Waals surface area contributed by atoms with Crippen molar-refractivity contribution >= 4 is 5.97 Å². The standard InChI is InChI=1S/C13H19NO4/c1-9(11-4-5-12(18-11)13(15)16)14-7-6-10-3-2-8-17-10/h4-5,9-10,14H,2-3,6-8H2,1H3,(H,15,16). The van der Waals surface area contributed by atoms with Gasteiger partial charge in [0.05, 0.1) is 12.1 Å². The number of furan rings is 1. The monoisotopic (exact) mass is 253 g/mol. The molecule has 5 heteroatoms. The number of nitrogens with one attached hydrogen (secondary N) is 1. The van der Waals surface area contributed by atoms with Crippen LogP contribution in [-0.2, 0) is 4.74 Å². The topological polar surface area (TPSA) is 71.7 Å². The lowest BCUT2D eigenvalue weighted by atomic mass is 10.1. The Morgan fingerprint density at radius 2 is 2.44 bits per heavy atom. The lowest BCUT2D eigenvalue weighted by Crippen LogP contribution is -2.23. The molecule has 100 valence electrons. The maximum absolute atomic E-state index is 10.7. The number of carboxylic acid groups (broad SMARTS) is 1. The molecular formula is C13H19NO4. The summed E-state index contributed by atoms with van der Waals surface area (Å²) in [5, 5.41) is 12.1. The number of carboxylic acids is 1. The van der Waals surface area contributed by atoms with Gasteiger partial charge in [-0.15, -0.1) is 0 Å². The van der Waals surface area contributed by atoms with Crippen LogP contribution < -0.4 is 5.32 Å². The number of hydrogen-bond acceptors (Lipinski definition) is 4. The molecule has 2 N–H and O–H groups in total. The Morgan fingerprint density at radius 1 is 1.61 bits per heavy atom. The van der Waals surface area contributed by atoms with Gasteiger partial charge in [-0.3, -0.25) is 0 Å². The van der Waals surface area contributed by atoms with E-state index in [1.54, 1.807) is 6.07 Å². The Bertz CT molecular complexity index is 395. The van der Waals surface area contributed by atoms with Crippen LogP contribution in [0.15, 0.2) is 16.5 Å². The van der Waals surface area contributed by atoms with Gasteiger partial charge in [-0.2, -0.15) is 0 Å². The van der Waals surface area contributed by atoms with Crippen molar-refractivity contribution < 1.29 is 19.1 Å². The number of aromatic carboxylic acids is 1. The first-order valence-electron chi connectivity index (χ1n) is 6.35. The van der Waals surface area contributed by atoms with E-state index in [-0.39, 0.29) is 11.8 Å². The summed E-state index contributed by atoms with van der Waals surface area (Å²) in [7, 11) is 0. The molecule has 0 spiro atoms. The van der Waals surface area contributed by atoms with Crippen LogP contribution in [0.3, 0.4) is 0 Å². The molecule has 0 radical (unpaired) electrons. The molecule has 2 atom stereocenters. The number of carbonyl (C=O) groups is 1. The lowest BCUT2D eigenvalue weighted by Gasteiger charge is -2.13. The van der Waals surface area contributed by atoms with Gasteiger partial charge in [0.25, 0.3) is 0 Å². The number of hydrogen-bond donors (Lipinski definition) is 2. The van der Waals surface area contributed by atoms with Crippen LogP contribution in [0.2, 0.25) is 0 Å². The Morgan fingerprint density at radius 3 is 3.06 bits per heavy atom. The fourth-order valence-electron chi connectivity index (χ4n) is 2.13. The van der Waals surface area contributed by atoms with Crippen molar-refractivity contribution in [2.24, 2.45) is 0 Å². The summed E-state index contributed by atoms with van der Waals surface area (Å²) < 4.78 is 10.8. The highest BCUT2D eigenvalue weighted by molar-refractivity contribution is 5.84. The maximum atomic E-state index is 10.7. The molecule has 1 aliphatic rings. The zero-order valence-electron chi connectivity index (χ0n) is 10.5. The van der Waals surface area contributed by atoms with Crippen LogP contribution in [0.1, 0.15) is 48.5 Å². The van der Waals surface area contributed by atoms with Gasteiger partial charge in [0.2, 0.25) is 5.76 Å². The minimum atomic E-state index is -1.03. The van der Waals surface area contributed by atoms with Crippen LogP contribution in [0, 0.1) is 0 Å². The van der Waals surface area contributed by atoms with E-state index in [4.69, 9.17) is 14.3 Å². The molecule has 0 saturated carbocycles. The van der Waals surface area contributed by atoms with Crippen LogP contribution in [-0.4, -0.2) is 30.3 Å². The average Bonchev–Trinajstić information content (AvgIpc) is 2.99. The first kappa shape index (κ1) is 13.1. The second kappa shape index (κ2) is 6.02. The summed E-state index contributed by atoms with van der Waals surface area (Å²) in [6.07, 6.45) is 3.65. The number of rotatable bonds is 6. The van der Waals surface area contributed by atoms with Crippen molar-refractivity contribution in [1.82, 2.24) is 5.32 Å². The summed E-state index contributed by atoms with van der Waals surface area (Å²) in [5.74, 6) is -0.398. The van der Waals surface area contributed by atoms with E-state index in [9.17, 15) is 4.79 Å². The van der Waals surface area contributed by atoms with E-state index < -0.39 is 5.97 Å². The van der Waals surface area contributed by atoms with Gasteiger partial charge in [0.15, 0.2) is 0 Å². The molecule has 1 fully saturated rings.